The topological polar surface area (TPSA) is 0 Å². The lowest BCUT2D eigenvalue weighted by molar-refractivity contribution is 0.690. The maximum absolute atomic E-state index is 6.00. The Kier molecular flexibility index (Phi) is 3.94. The first-order valence-electron chi connectivity index (χ1n) is 9.48. The predicted octanol–water partition coefficient (Wildman–Crippen LogP) is 7.12. The minimum atomic E-state index is 0.794. The summed E-state index contributed by atoms with van der Waals surface area (Å²) in [6, 6.07) is 24.4. The van der Waals surface area contributed by atoms with Crippen molar-refractivity contribution >= 4 is 33.1 Å². The summed E-state index contributed by atoms with van der Waals surface area (Å²) in [5.74, 6) is 0. The third-order valence-corrected chi connectivity index (χ3v) is 5.99. The third kappa shape index (κ3) is 2.79. The van der Waals surface area contributed by atoms with Crippen LogP contribution in [-0.4, -0.2) is 0 Å². The van der Waals surface area contributed by atoms with Gasteiger partial charge in [-0.3, -0.25) is 0 Å². The number of fused-ring (bicyclic) bond motifs is 5. The summed E-state index contributed by atoms with van der Waals surface area (Å²) >= 11 is 6.00. The third-order valence-electron chi connectivity index (χ3n) is 5.73. The fourth-order valence-electron chi connectivity index (χ4n) is 4.40. The van der Waals surface area contributed by atoms with Gasteiger partial charge in [-0.1, -0.05) is 66.2 Å². The van der Waals surface area contributed by atoms with Crippen molar-refractivity contribution in [2.24, 2.45) is 0 Å². The molecule has 5 rings (SSSR count). The summed E-state index contributed by atoms with van der Waals surface area (Å²) in [6.07, 6.45) is 6.07. The van der Waals surface area contributed by atoms with Crippen LogP contribution in [0.3, 0.4) is 0 Å². The van der Waals surface area contributed by atoms with E-state index in [1.54, 1.807) is 11.1 Å². The summed E-state index contributed by atoms with van der Waals surface area (Å²) in [6.45, 7) is 0. The fourth-order valence-corrected chi connectivity index (χ4v) is 4.52. The molecule has 0 saturated heterocycles. The van der Waals surface area contributed by atoms with Crippen molar-refractivity contribution in [1.82, 2.24) is 0 Å². The van der Waals surface area contributed by atoms with E-state index in [0.29, 0.717) is 0 Å². The molecular weight excluding hydrogens is 336 g/mol. The van der Waals surface area contributed by atoms with Gasteiger partial charge in [0, 0.05) is 5.02 Å². The van der Waals surface area contributed by atoms with Crippen molar-refractivity contribution in [3.63, 3.8) is 0 Å². The molecule has 4 aromatic rings. The van der Waals surface area contributed by atoms with Gasteiger partial charge in [-0.2, -0.15) is 0 Å². The lowest BCUT2D eigenvalue weighted by atomic mass is 9.86. The van der Waals surface area contributed by atoms with E-state index in [-0.39, 0.29) is 0 Å². The second kappa shape index (κ2) is 6.45. The first kappa shape index (κ1) is 15.9. The van der Waals surface area contributed by atoms with Crippen LogP contribution in [0.15, 0.2) is 66.7 Å². The molecule has 0 aliphatic heterocycles. The highest BCUT2D eigenvalue weighted by molar-refractivity contribution is 6.30. The molecule has 0 heterocycles. The summed E-state index contributed by atoms with van der Waals surface area (Å²) < 4.78 is 0. The SMILES string of the molecule is Clc1ccc(Cc2ccc3c(ccc4c5c(ccc43)CCCC5)c2)cc1. The van der Waals surface area contributed by atoms with Crippen LogP contribution in [0.2, 0.25) is 5.02 Å². The smallest absolute Gasteiger partial charge is 0.0406 e. The molecule has 0 saturated carbocycles. The molecule has 0 N–H and O–H groups in total. The average molecular weight is 357 g/mol. The second-order valence-electron chi connectivity index (χ2n) is 7.43. The average Bonchev–Trinajstić information content (AvgIpc) is 2.69. The predicted molar refractivity (Wildman–Crippen MR) is 112 cm³/mol. The van der Waals surface area contributed by atoms with E-state index in [4.69, 9.17) is 11.6 Å². The Balaban J connectivity index is 1.59. The van der Waals surface area contributed by atoms with Gasteiger partial charge in [0.15, 0.2) is 0 Å². The molecule has 0 radical (unpaired) electrons. The van der Waals surface area contributed by atoms with E-state index in [1.807, 2.05) is 12.1 Å². The lowest BCUT2D eigenvalue weighted by Crippen LogP contribution is -2.03. The molecule has 1 heteroatoms. The summed E-state index contributed by atoms with van der Waals surface area (Å²) in [7, 11) is 0. The van der Waals surface area contributed by atoms with Gasteiger partial charge >= 0.3 is 0 Å². The number of aryl methyl sites for hydroxylation is 2. The van der Waals surface area contributed by atoms with Crippen LogP contribution in [-0.2, 0) is 19.3 Å². The number of rotatable bonds is 2. The van der Waals surface area contributed by atoms with E-state index < -0.39 is 0 Å². The quantitative estimate of drug-likeness (QED) is 0.335. The van der Waals surface area contributed by atoms with Crippen molar-refractivity contribution in [2.45, 2.75) is 32.1 Å². The van der Waals surface area contributed by atoms with Crippen LogP contribution in [0.25, 0.3) is 21.5 Å². The Bertz CT molecular complexity index is 1110. The largest absolute Gasteiger partial charge is 0.0843 e. The Labute approximate surface area is 159 Å². The molecule has 1 aliphatic carbocycles. The molecule has 1 aliphatic rings. The Morgan fingerprint density at radius 3 is 2.27 bits per heavy atom. The van der Waals surface area contributed by atoms with Crippen molar-refractivity contribution < 1.29 is 0 Å². The lowest BCUT2D eigenvalue weighted by Gasteiger charge is -2.19. The highest BCUT2D eigenvalue weighted by Gasteiger charge is 2.13. The van der Waals surface area contributed by atoms with Gasteiger partial charge in [-0.15, -0.1) is 0 Å². The summed E-state index contributed by atoms with van der Waals surface area (Å²) in [4.78, 5) is 0. The minimum absolute atomic E-state index is 0.794. The van der Waals surface area contributed by atoms with E-state index in [2.05, 4.69) is 54.6 Å². The van der Waals surface area contributed by atoms with Crippen LogP contribution in [0.5, 0.6) is 0 Å². The molecule has 0 amide bonds. The molecule has 0 aromatic heterocycles. The van der Waals surface area contributed by atoms with Crippen molar-refractivity contribution in [1.29, 1.82) is 0 Å². The van der Waals surface area contributed by atoms with Crippen molar-refractivity contribution in [3.8, 4) is 0 Å². The molecule has 0 bridgehead atoms. The number of benzene rings is 4. The first-order chi connectivity index (χ1) is 12.8. The van der Waals surface area contributed by atoms with Gasteiger partial charge in [0.1, 0.15) is 0 Å². The van der Waals surface area contributed by atoms with Gasteiger partial charge in [-0.05, 0) is 88.0 Å². The maximum Gasteiger partial charge on any atom is 0.0406 e. The highest BCUT2D eigenvalue weighted by atomic mass is 35.5. The number of halogens is 1. The van der Waals surface area contributed by atoms with Crippen molar-refractivity contribution in [3.05, 3.63) is 94.0 Å². The second-order valence-corrected chi connectivity index (χ2v) is 7.87. The molecule has 0 fully saturated rings. The maximum atomic E-state index is 6.00. The van der Waals surface area contributed by atoms with E-state index in [1.165, 1.54) is 58.4 Å². The van der Waals surface area contributed by atoms with Crippen LogP contribution < -0.4 is 0 Å². The van der Waals surface area contributed by atoms with Crippen molar-refractivity contribution in [2.75, 3.05) is 0 Å². The minimum Gasteiger partial charge on any atom is -0.0843 e. The summed E-state index contributed by atoms with van der Waals surface area (Å²) in [5, 5.41) is 6.36. The molecule has 0 nitrogen and oxygen atoms in total. The van der Waals surface area contributed by atoms with E-state index in [0.717, 1.165) is 11.4 Å². The van der Waals surface area contributed by atoms with E-state index in [9.17, 15) is 0 Å². The monoisotopic (exact) mass is 356 g/mol. The molecule has 0 unspecified atom stereocenters. The Morgan fingerprint density at radius 1 is 0.654 bits per heavy atom. The Morgan fingerprint density at radius 2 is 1.38 bits per heavy atom. The standard InChI is InChI=1S/C25H21Cl/c26-21-10-5-17(6-11-21)15-18-7-12-23-20(16-18)9-14-24-22-4-2-1-3-19(22)8-13-25(23)24/h5-14,16H,1-4,15H2. The zero-order valence-corrected chi connectivity index (χ0v) is 15.5. The van der Waals surface area contributed by atoms with Gasteiger partial charge in [0.05, 0.1) is 0 Å². The van der Waals surface area contributed by atoms with Crippen LogP contribution >= 0.6 is 11.6 Å². The van der Waals surface area contributed by atoms with Gasteiger partial charge in [0.2, 0.25) is 0 Å². The van der Waals surface area contributed by atoms with Crippen LogP contribution in [0, 0.1) is 0 Å². The summed E-state index contributed by atoms with van der Waals surface area (Å²) in [5.41, 5.74) is 5.78. The Hall–Kier alpha value is -2.31. The normalized spacial score (nSPS) is 13.9. The molecule has 26 heavy (non-hydrogen) atoms. The number of hydrogen-bond acceptors (Lipinski definition) is 0. The van der Waals surface area contributed by atoms with Gasteiger partial charge < -0.3 is 0 Å². The first-order valence-corrected chi connectivity index (χ1v) is 9.86. The van der Waals surface area contributed by atoms with E-state index >= 15 is 0 Å². The highest BCUT2D eigenvalue weighted by Crippen LogP contribution is 2.33. The molecular formula is C25H21Cl. The molecule has 4 aromatic carbocycles. The van der Waals surface area contributed by atoms with Gasteiger partial charge in [0.25, 0.3) is 0 Å². The zero-order valence-electron chi connectivity index (χ0n) is 14.8. The molecule has 0 spiro atoms. The molecule has 0 atom stereocenters. The fraction of sp³-hybridized carbons (Fsp3) is 0.200. The van der Waals surface area contributed by atoms with Crippen LogP contribution in [0.1, 0.15) is 35.1 Å². The number of hydrogen-bond donors (Lipinski definition) is 0. The molecule has 128 valence electrons. The zero-order chi connectivity index (χ0) is 17.5. The van der Waals surface area contributed by atoms with Crippen LogP contribution in [0.4, 0.5) is 0 Å². The van der Waals surface area contributed by atoms with Gasteiger partial charge in [-0.25, -0.2) is 0 Å².